The normalized spacial score (nSPS) is 15.7. The summed E-state index contributed by atoms with van der Waals surface area (Å²) in [4.78, 5) is 23.6. The number of aromatic nitrogens is 2. The van der Waals surface area contributed by atoms with Crippen LogP contribution in [0.4, 0.5) is 5.69 Å². The number of ether oxygens (including phenoxy) is 1. The predicted octanol–water partition coefficient (Wildman–Crippen LogP) is 2.02. The fourth-order valence-corrected chi connectivity index (χ4v) is 5.36. The summed E-state index contributed by atoms with van der Waals surface area (Å²) in [6, 6.07) is 12.1. The standard InChI is InChI=1S/C22H26N6O2S2/c1-28(32-20-5-3-4-7-25-20)18-11-15(30-2)9-14-10-17(27-21(14)18)22-26-13-16(31-22)12-24-8-6-19(23)29/h3-5,7,9-11,16,24,27H,6,8,12-13H2,1-2H3,(H2,23,29)/p+1. The van der Waals surface area contributed by atoms with Crippen molar-refractivity contribution in [2.24, 2.45) is 10.7 Å². The molecule has 0 saturated heterocycles. The highest BCUT2D eigenvalue weighted by atomic mass is 32.2. The van der Waals surface area contributed by atoms with Gasteiger partial charge in [0.1, 0.15) is 15.8 Å². The Morgan fingerprint density at radius 3 is 3.03 bits per heavy atom. The molecule has 0 bridgehead atoms. The first-order valence-corrected chi connectivity index (χ1v) is 12.0. The van der Waals surface area contributed by atoms with Crippen LogP contribution in [-0.2, 0) is 4.79 Å². The lowest BCUT2D eigenvalue weighted by Crippen LogP contribution is -2.86. The van der Waals surface area contributed by atoms with E-state index < -0.39 is 0 Å². The molecule has 4 rings (SSSR count). The van der Waals surface area contributed by atoms with Gasteiger partial charge in [-0.1, -0.05) is 17.8 Å². The van der Waals surface area contributed by atoms with E-state index in [1.807, 2.05) is 37.4 Å². The molecule has 1 aliphatic rings. The van der Waals surface area contributed by atoms with Crippen LogP contribution in [-0.4, -0.2) is 60.0 Å². The molecule has 168 valence electrons. The molecular formula is C22H27N6O2S2+. The van der Waals surface area contributed by atoms with E-state index in [1.54, 1.807) is 37.0 Å². The van der Waals surface area contributed by atoms with Crippen molar-refractivity contribution in [2.45, 2.75) is 16.7 Å². The lowest BCUT2D eigenvalue weighted by atomic mass is 10.2. The number of fused-ring (bicyclic) bond motifs is 1. The van der Waals surface area contributed by atoms with E-state index in [0.29, 0.717) is 11.7 Å². The number of aliphatic imine (C=N–C) groups is 1. The third-order valence-electron chi connectivity index (χ3n) is 5.10. The Labute approximate surface area is 195 Å². The zero-order valence-corrected chi connectivity index (χ0v) is 19.7. The Morgan fingerprint density at radius 1 is 1.41 bits per heavy atom. The average molecular weight is 472 g/mol. The van der Waals surface area contributed by atoms with Crippen molar-refractivity contribution in [3.8, 4) is 5.75 Å². The predicted molar refractivity (Wildman–Crippen MR) is 132 cm³/mol. The highest BCUT2D eigenvalue weighted by Gasteiger charge is 2.24. The largest absolute Gasteiger partial charge is 0.497 e. The van der Waals surface area contributed by atoms with Gasteiger partial charge in [0.05, 0.1) is 55.3 Å². The van der Waals surface area contributed by atoms with Crippen molar-refractivity contribution in [3.63, 3.8) is 0 Å². The van der Waals surface area contributed by atoms with Gasteiger partial charge in [-0.3, -0.25) is 9.79 Å². The fraction of sp³-hybridized carbons (Fsp3) is 0.318. The maximum absolute atomic E-state index is 10.9. The summed E-state index contributed by atoms with van der Waals surface area (Å²) in [6.07, 6.45) is 2.20. The number of primary amides is 1. The molecule has 0 spiro atoms. The van der Waals surface area contributed by atoms with Crippen molar-refractivity contribution in [1.82, 2.24) is 9.97 Å². The number of nitrogens with zero attached hydrogens (tertiary/aromatic N) is 3. The molecule has 1 atom stereocenters. The van der Waals surface area contributed by atoms with Gasteiger partial charge in [0.25, 0.3) is 0 Å². The molecule has 0 radical (unpaired) electrons. The minimum atomic E-state index is -0.257. The molecular weight excluding hydrogens is 444 g/mol. The minimum absolute atomic E-state index is 0.257. The number of nitrogens with one attached hydrogen (secondary N) is 1. The van der Waals surface area contributed by atoms with Crippen LogP contribution in [0.2, 0.25) is 0 Å². The first-order chi connectivity index (χ1) is 15.5. The second kappa shape index (κ2) is 10.3. The van der Waals surface area contributed by atoms with Crippen LogP contribution in [0, 0.1) is 0 Å². The van der Waals surface area contributed by atoms with E-state index in [9.17, 15) is 4.79 Å². The third kappa shape index (κ3) is 5.37. The van der Waals surface area contributed by atoms with Gasteiger partial charge in [-0.15, -0.1) is 0 Å². The Bertz CT molecular complexity index is 1120. The van der Waals surface area contributed by atoms with E-state index in [-0.39, 0.29) is 5.91 Å². The van der Waals surface area contributed by atoms with E-state index in [1.165, 1.54) is 0 Å². The first-order valence-electron chi connectivity index (χ1n) is 10.4. The molecule has 1 unspecified atom stereocenters. The third-order valence-corrected chi connectivity index (χ3v) is 7.24. The molecule has 5 N–H and O–H groups in total. The summed E-state index contributed by atoms with van der Waals surface area (Å²) in [5.74, 6) is 0.544. The number of carbonyl (C=O) groups is 1. The van der Waals surface area contributed by atoms with Crippen molar-refractivity contribution < 1.29 is 14.8 Å². The summed E-state index contributed by atoms with van der Waals surface area (Å²) in [5.41, 5.74) is 8.27. The molecule has 1 aromatic carbocycles. The van der Waals surface area contributed by atoms with Gasteiger partial charge < -0.3 is 25.1 Å². The van der Waals surface area contributed by atoms with Crippen molar-refractivity contribution in [1.29, 1.82) is 0 Å². The molecule has 2 aromatic heterocycles. The first kappa shape index (κ1) is 22.5. The van der Waals surface area contributed by atoms with Gasteiger partial charge in [-0.2, -0.15) is 0 Å². The molecule has 1 amide bonds. The molecule has 3 heterocycles. The maximum Gasteiger partial charge on any atom is 0.223 e. The fourth-order valence-electron chi connectivity index (χ4n) is 3.51. The van der Waals surface area contributed by atoms with E-state index in [0.717, 1.165) is 57.7 Å². The number of anilines is 1. The number of rotatable bonds is 10. The molecule has 8 nitrogen and oxygen atoms in total. The number of aromatic amines is 1. The Morgan fingerprint density at radius 2 is 2.28 bits per heavy atom. The average Bonchev–Trinajstić information content (AvgIpc) is 3.43. The molecule has 0 saturated carbocycles. The highest BCUT2D eigenvalue weighted by Crippen LogP contribution is 2.37. The van der Waals surface area contributed by atoms with Crippen molar-refractivity contribution >= 4 is 51.3 Å². The van der Waals surface area contributed by atoms with Crippen LogP contribution in [0.3, 0.4) is 0 Å². The second-order valence-corrected chi connectivity index (χ2v) is 9.90. The van der Waals surface area contributed by atoms with Crippen LogP contribution in [0.5, 0.6) is 5.75 Å². The number of hydrogen-bond donors (Lipinski definition) is 3. The lowest BCUT2D eigenvalue weighted by molar-refractivity contribution is -0.652. The Kier molecular flexibility index (Phi) is 7.23. The maximum atomic E-state index is 10.9. The van der Waals surface area contributed by atoms with E-state index in [2.05, 4.69) is 25.7 Å². The topological polar surface area (TPSA) is 113 Å². The van der Waals surface area contributed by atoms with Gasteiger partial charge >= 0.3 is 0 Å². The molecule has 10 heteroatoms. The number of nitrogens with two attached hydrogens (primary N) is 2. The number of benzene rings is 1. The molecule has 32 heavy (non-hydrogen) atoms. The molecule has 3 aromatic rings. The van der Waals surface area contributed by atoms with Gasteiger partial charge in [0.15, 0.2) is 0 Å². The Balaban J connectivity index is 1.51. The smallest absolute Gasteiger partial charge is 0.223 e. The second-order valence-electron chi connectivity index (χ2n) is 7.47. The number of thioether (sulfide) groups is 1. The number of amides is 1. The van der Waals surface area contributed by atoms with Crippen molar-refractivity contribution in [3.05, 3.63) is 48.3 Å². The van der Waals surface area contributed by atoms with E-state index in [4.69, 9.17) is 15.5 Å². The number of quaternary nitrogens is 1. The molecule has 0 aliphatic carbocycles. The summed E-state index contributed by atoms with van der Waals surface area (Å²) < 4.78 is 7.64. The lowest BCUT2D eigenvalue weighted by Gasteiger charge is -2.19. The summed E-state index contributed by atoms with van der Waals surface area (Å²) >= 11 is 3.34. The number of H-pyrrole nitrogens is 1. The van der Waals surface area contributed by atoms with Crippen LogP contribution in [0.25, 0.3) is 10.9 Å². The quantitative estimate of drug-likeness (QED) is 0.308. The molecule has 1 aliphatic heterocycles. The van der Waals surface area contributed by atoms with Crippen LogP contribution in [0.15, 0.2) is 52.6 Å². The number of pyridine rings is 1. The zero-order chi connectivity index (χ0) is 22.5. The summed E-state index contributed by atoms with van der Waals surface area (Å²) in [6.45, 7) is 2.40. The van der Waals surface area contributed by atoms with Crippen LogP contribution >= 0.6 is 23.7 Å². The summed E-state index contributed by atoms with van der Waals surface area (Å²) in [7, 11) is 3.70. The molecule has 0 fully saturated rings. The van der Waals surface area contributed by atoms with Gasteiger partial charge in [-0.05, 0) is 24.3 Å². The zero-order valence-electron chi connectivity index (χ0n) is 18.1. The number of methoxy groups -OCH3 is 1. The highest BCUT2D eigenvalue weighted by molar-refractivity contribution is 8.15. The SMILES string of the molecule is COc1cc(N(C)Sc2ccccn2)c2[nH]c(C3=NCC(C[NH2+]CCC(N)=O)S3)cc2c1. The van der Waals surface area contributed by atoms with E-state index >= 15 is 0 Å². The Hall–Kier alpha value is -2.69. The number of carbonyl (C=O) groups excluding carboxylic acids is 1. The number of hydrogen-bond acceptors (Lipinski definition) is 7. The van der Waals surface area contributed by atoms with Gasteiger partial charge in [0, 0.05) is 36.6 Å². The summed E-state index contributed by atoms with van der Waals surface area (Å²) in [5, 5.41) is 5.53. The van der Waals surface area contributed by atoms with Crippen molar-refractivity contribution in [2.75, 3.05) is 38.1 Å². The van der Waals surface area contributed by atoms with Crippen LogP contribution in [0.1, 0.15) is 12.1 Å². The van der Waals surface area contributed by atoms with Gasteiger partial charge in [0.2, 0.25) is 5.91 Å². The van der Waals surface area contributed by atoms with Gasteiger partial charge in [-0.25, -0.2) is 4.98 Å². The monoisotopic (exact) mass is 471 g/mol. The minimum Gasteiger partial charge on any atom is -0.497 e. The van der Waals surface area contributed by atoms with Crippen LogP contribution < -0.4 is 20.1 Å².